The number of nitrogens with zero attached hydrogens (tertiary/aromatic N) is 1. The summed E-state index contributed by atoms with van der Waals surface area (Å²) in [6, 6.07) is 21.1. The Kier molecular flexibility index (Phi) is 5.90. The average Bonchev–Trinajstić information content (AvgIpc) is 3.06. The van der Waals surface area contributed by atoms with E-state index in [-0.39, 0.29) is 11.3 Å². The Morgan fingerprint density at radius 2 is 1.62 bits per heavy atom. The van der Waals surface area contributed by atoms with Gasteiger partial charge in [0.05, 0.1) is 11.6 Å². The lowest BCUT2D eigenvalue weighted by atomic mass is 9.93. The van der Waals surface area contributed by atoms with Crippen molar-refractivity contribution in [3.63, 3.8) is 0 Å². The van der Waals surface area contributed by atoms with Crippen LogP contribution in [0.1, 0.15) is 48.1 Å². The molecule has 1 amide bonds. The molecule has 1 N–H and O–H groups in total. The van der Waals surface area contributed by atoms with Crippen LogP contribution in [0.2, 0.25) is 5.02 Å². The van der Waals surface area contributed by atoms with Crippen molar-refractivity contribution < 1.29 is 14.7 Å². The van der Waals surface area contributed by atoms with Crippen LogP contribution in [0.5, 0.6) is 0 Å². The summed E-state index contributed by atoms with van der Waals surface area (Å²) in [4.78, 5) is 27.8. The highest BCUT2D eigenvalue weighted by Gasteiger charge is 2.47. The molecule has 1 unspecified atom stereocenters. The van der Waals surface area contributed by atoms with Crippen LogP contribution in [-0.2, 0) is 9.59 Å². The van der Waals surface area contributed by atoms with Gasteiger partial charge in [0.2, 0.25) is 0 Å². The highest BCUT2D eigenvalue weighted by atomic mass is 35.5. The molecular formula is C27H24ClNO3. The molecule has 3 aromatic rings. The fourth-order valence-electron chi connectivity index (χ4n) is 4.01. The predicted molar refractivity (Wildman–Crippen MR) is 128 cm³/mol. The van der Waals surface area contributed by atoms with Crippen molar-refractivity contribution in [1.29, 1.82) is 0 Å². The second-order valence-electron chi connectivity index (χ2n) is 8.29. The largest absolute Gasteiger partial charge is 0.507 e. The van der Waals surface area contributed by atoms with Crippen LogP contribution >= 0.6 is 11.6 Å². The van der Waals surface area contributed by atoms with Gasteiger partial charge in [-0.3, -0.25) is 14.5 Å². The van der Waals surface area contributed by atoms with Gasteiger partial charge in [-0.2, -0.15) is 0 Å². The van der Waals surface area contributed by atoms with Crippen molar-refractivity contribution in [3.05, 3.63) is 106 Å². The van der Waals surface area contributed by atoms with Crippen molar-refractivity contribution in [2.45, 2.75) is 32.7 Å². The molecule has 0 spiro atoms. The molecule has 1 saturated heterocycles. The van der Waals surface area contributed by atoms with E-state index in [2.05, 4.69) is 13.8 Å². The summed E-state index contributed by atoms with van der Waals surface area (Å²) >= 11 is 6.19. The Labute approximate surface area is 192 Å². The zero-order valence-electron chi connectivity index (χ0n) is 18.2. The normalized spacial score (nSPS) is 17.9. The molecule has 1 heterocycles. The minimum atomic E-state index is -0.753. The number of aryl methyl sites for hydroxylation is 1. The number of ketones is 1. The van der Waals surface area contributed by atoms with E-state index in [1.54, 1.807) is 42.5 Å². The topological polar surface area (TPSA) is 57.6 Å². The molecule has 0 aromatic heterocycles. The molecule has 162 valence electrons. The first-order chi connectivity index (χ1) is 15.3. The maximum absolute atomic E-state index is 13.2. The number of halogens is 1. The van der Waals surface area contributed by atoms with E-state index in [4.69, 9.17) is 11.6 Å². The third-order valence-corrected chi connectivity index (χ3v) is 6.25. The van der Waals surface area contributed by atoms with E-state index >= 15 is 0 Å². The van der Waals surface area contributed by atoms with Crippen molar-refractivity contribution in [3.8, 4) is 0 Å². The molecule has 4 nitrogen and oxygen atoms in total. The van der Waals surface area contributed by atoms with Crippen molar-refractivity contribution in [1.82, 2.24) is 0 Å². The number of hydrogen-bond acceptors (Lipinski definition) is 3. The molecule has 5 heteroatoms. The average molecular weight is 446 g/mol. The Hall–Kier alpha value is -3.37. The van der Waals surface area contributed by atoms with Gasteiger partial charge in [-0.15, -0.1) is 0 Å². The van der Waals surface area contributed by atoms with Crippen molar-refractivity contribution in [2.24, 2.45) is 0 Å². The van der Waals surface area contributed by atoms with Gasteiger partial charge in [-0.25, -0.2) is 0 Å². The maximum atomic E-state index is 13.2. The minimum Gasteiger partial charge on any atom is -0.507 e. The second-order valence-corrected chi connectivity index (χ2v) is 8.70. The van der Waals surface area contributed by atoms with Gasteiger partial charge in [0.1, 0.15) is 5.76 Å². The standard InChI is InChI=1S/C27H24ClNO3/c1-16(2)18-9-11-19(12-10-18)24-23(25(30)20-7-5-4-6-8-20)26(31)27(32)29(24)21-13-14-22(28)17(3)15-21/h4-16,24,30H,1-3H3. The van der Waals surface area contributed by atoms with Crippen LogP contribution in [0.3, 0.4) is 0 Å². The lowest BCUT2D eigenvalue weighted by molar-refractivity contribution is -0.132. The fourth-order valence-corrected chi connectivity index (χ4v) is 4.13. The number of carbonyl (C=O) groups excluding carboxylic acids is 2. The number of rotatable bonds is 4. The summed E-state index contributed by atoms with van der Waals surface area (Å²) in [5.41, 5.74) is 3.81. The molecule has 1 fully saturated rings. The van der Waals surface area contributed by atoms with Gasteiger partial charge in [-0.05, 0) is 47.7 Å². The van der Waals surface area contributed by atoms with Crippen LogP contribution in [-0.4, -0.2) is 16.8 Å². The summed E-state index contributed by atoms with van der Waals surface area (Å²) < 4.78 is 0. The van der Waals surface area contributed by atoms with E-state index in [0.29, 0.717) is 22.2 Å². The summed E-state index contributed by atoms with van der Waals surface area (Å²) in [7, 11) is 0. The number of anilines is 1. The van der Waals surface area contributed by atoms with E-state index < -0.39 is 17.7 Å². The molecule has 1 aliphatic heterocycles. The van der Waals surface area contributed by atoms with Crippen molar-refractivity contribution >= 4 is 34.7 Å². The first kappa shape index (κ1) is 21.8. The lowest BCUT2D eigenvalue weighted by Gasteiger charge is -2.26. The van der Waals surface area contributed by atoms with Gasteiger partial charge in [0.15, 0.2) is 0 Å². The number of aliphatic hydroxyl groups excluding tert-OH is 1. The summed E-state index contributed by atoms with van der Waals surface area (Å²) in [6.45, 7) is 6.05. The van der Waals surface area contributed by atoms with Gasteiger partial charge in [-0.1, -0.05) is 80.0 Å². The van der Waals surface area contributed by atoms with Crippen LogP contribution in [0, 0.1) is 6.92 Å². The zero-order valence-corrected chi connectivity index (χ0v) is 18.9. The zero-order chi connectivity index (χ0) is 23.0. The summed E-state index contributed by atoms with van der Waals surface area (Å²) in [6.07, 6.45) is 0. The summed E-state index contributed by atoms with van der Waals surface area (Å²) in [5.74, 6) is -1.23. The van der Waals surface area contributed by atoms with Crippen LogP contribution in [0.4, 0.5) is 5.69 Å². The highest BCUT2D eigenvalue weighted by molar-refractivity contribution is 6.51. The predicted octanol–water partition coefficient (Wildman–Crippen LogP) is 6.40. The Balaban J connectivity index is 1.93. The number of benzene rings is 3. The van der Waals surface area contributed by atoms with Crippen molar-refractivity contribution in [2.75, 3.05) is 4.90 Å². The molecule has 4 rings (SSSR count). The Bertz CT molecular complexity index is 1210. The molecule has 1 atom stereocenters. The molecule has 0 radical (unpaired) electrons. The SMILES string of the molecule is Cc1cc(N2C(=O)C(=O)C(=C(O)c3ccccc3)C2c2ccc(C(C)C)cc2)ccc1Cl. The maximum Gasteiger partial charge on any atom is 0.300 e. The first-order valence-corrected chi connectivity index (χ1v) is 10.9. The monoisotopic (exact) mass is 445 g/mol. The summed E-state index contributed by atoms with van der Waals surface area (Å²) in [5, 5.41) is 11.7. The molecule has 0 bridgehead atoms. The molecule has 0 saturated carbocycles. The minimum absolute atomic E-state index is 0.0751. The first-order valence-electron chi connectivity index (χ1n) is 10.5. The molecule has 1 aliphatic rings. The molecule has 32 heavy (non-hydrogen) atoms. The lowest BCUT2D eigenvalue weighted by Crippen LogP contribution is -2.29. The number of amides is 1. The van der Waals surface area contributed by atoms with E-state index in [1.165, 1.54) is 4.90 Å². The third kappa shape index (κ3) is 3.82. The van der Waals surface area contributed by atoms with Gasteiger partial charge >= 0.3 is 0 Å². The smallest absolute Gasteiger partial charge is 0.300 e. The van der Waals surface area contributed by atoms with Crippen LogP contribution in [0.15, 0.2) is 78.4 Å². The van der Waals surface area contributed by atoms with Gasteiger partial charge in [0.25, 0.3) is 11.7 Å². The highest BCUT2D eigenvalue weighted by Crippen LogP contribution is 2.43. The third-order valence-electron chi connectivity index (χ3n) is 5.83. The Morgan fingerprint density at radius 3 is 2.22 bits per heavy atom. The van der Waals surface area contributed by atoms with E-state index in [9.17, 15) is 14.7 Å². The van der Waals surface area contributed by atoms with Crippen LogP contribution < -0.4 is 4.90 Å². The number of Topliss-reactive ketones (excluding diaryl/α,β-unsaturated/α-hetero) is 1. The molecule has 0 aliphatic carbocycles. The molecular weight excluding hydrogens is 422 g/mol. The van der Waals surface area contributed by atoms with Crippen LogP contribution in [0.25, 0.3) is 5.76 Å². The molecule has 3 aromatic carbocycles. The second kappa shape index (κ2) is 8.64. The number of carbonyl (C=O) groups is 2. The number of hydrogen-bond donors (Lipinski definition) is 1. The quantitative estimate of drug-likeness (QED) is 0.287. The van der Waals surface area contributed by atoms with E-state index in [1.807, 2.05) is 37.3 Å². The number of aliphatic hydroxyl groups is 1. The van der Waals surface area contributed by atoms with E-state index in [0.717, 1.165) is 16.7 Å². The van der Waals surface area contributed by atoms with Gasteiger partial charge < -0.3 is 5.11 Å². The Morgan fingerprint density at radius 1 is 0.969 bits per heavy atom. The fraction of sp³-hybridized carbons (Fsp3) is 0.185. The van der Waals surface area contributed by atoms with Gasteiger partial charge in [0, 0.05) is 16.3 Å².